The average Bonchev–Trinajstić information content (AvgIpc) is 3.13. The topological polar surface area (TPSA) is 71.7 Å². The Hall–Kier alpha value is -1.59. The number of nitrogens with two attached hydrogens (primary N) is 1. The number of nitrogens with one attached hydrogen (secondary N) is 2. The van der Waals surface area contributed by atoms with E-state index in [9.17, 15) is 0 Å². The van der Waals surface area contributed by atoms with E-state index >= 15 is 0 Å². The maximum Gasteiger partial charge on any atom is 0.210 e. The van der Waals surface area contributed by atoms with Gasteiger partial charge in [-0.1, -0.05) is 12.1 Å². The summed E-state index contributed by atoms with van der Waals surface area (Å²) in [5.74, 6) is 6.04. The van der Waals surface area contributed by atoms with Crippen LogP contribution in [0.2, 0.25) is 0 Å². The molecule has 17 heavy (non-hydrogen) atoms. The van der Waals surface area contributed by atoms with Crippen LogP contribution < -0.4 is 16.6 Å². The molecule has 1 aromatic carbocycles. The first-order valence-electron chi connectivity index (χ1n) is 5.71. The zero-order valence-electron chi connectivity index (χ0n) is 9.94. The van der Waals surface area contributed by atoms with Crippen molar-refractivity contribution >= 4 is 11.6 Å². The predicted molar refractivity (Wildman–Crippen MR) is 68.6 cm³/mol. The van der Waals surface area contributed by atoms with E-state index in [1.54, 1.807) is 7.11 Å². The molecule has 0 atom stereocenters. The Bertz CT molecular complexity index is 401. The molecule has 0 heterocycles. The molecule has 0 aliphatic heterocycles. The number of guanidine groups is 1. The Labute approximate surface area is 101 Å². The van der Waals surface area contributed by atoms with Crippen LogP contribution in [0, 0.1) is 0 Å². The SMILES string of the molecule is COCc1cccc(NC(=NC2CC2)NN)c1. The van der Waals surface area contributed by atoms with Crippen LogP contribution in [0.15, 0.2) is 29.3 Å². The summed E-state index contributed by atoms with van der Waals surface area (Å²) >= 11 is 0. The molecule has 92 valence electrons. The third kappa shape index (κ3) is 3.72. The van der Waals surface area contributed by atoms with Gasteiger partial charge >= 0.3 is 0 Å². The van der Waals surface area contributed by atoms with Crippen molar-refractivity contribution in [3.63, 3.8) is 0 Å². The van der Waals surface area contributed by atoms with Gasteiger partial charge in [-0.3, -0.25) is 5.43 Å². The second-order valence-electron chi connectivity index (χ2n) is 4.11. The van der Waals surface area contributed by atoms with Crippen LogP contribution in [0.25, 0.3) is 0 Å². The van der Waals surface area contributed by atoms with Gasteiger partial charge in [-0.25, -0.2) is 10.8 Å². The molecule has 1 saturated carbocycles. The number of ether oxygens (including phenoxy) is 1. The number of anilines is 1. The number of aliphatic imine (C=N–C) groups is 1. The number of hydrogen-bond donors (Lipinski definition) is 3. The molecule has 2 rings (SSSR count). The van der Waals surface area contributed by atoms with Gasteiger partial charge in [0.2, 0.25) is 5.96 Å². The van der Waals surface area contributed by atoms with Crippen LogP contribution in [0.1, 0.15) is 18.4 Å². The van der Waals surface area contributed by atoms with Crippen molar-refractivity contribution in [2.24, 2.45) is 10.8 Å². The van der Waals surface area contributed by atoms with Crippen molar-refractivity contribution in [2.75, 3.05) is 12.4 Å². The van der Waals surface area contributed by atoms with Gasteiger partial charge in [-0.05, 0) is 30.5 Å². The molecule has 1 aromatic rings. The third-order valence-corrected chi connectivity index (χ3v) is 2.50. The zero-order valence-corrected chi connectivity index (χ0v) is 9.94. The van der Waals surface area contributed by atoms with E-state index in [2.05, 4.69) is 15.7 Å². The minimum atomic E-state index is 0.427. The Balaban J connectivity index is 2.03. The smallest absolute Gasteiger partial charge is 0.210 e. The Morgan fingerprint density at radius 2 is 2.35 bits per heavy atom. The number of nitrogens with zero attached hydrogens (tertiary/aromatic N) is 1. The number of benzene rings is 1. The van der Waals surface area contributed by atoms with Crippen LogP contribution >= 0.6 is 0 Å². The maximum absolute atomic E-state index is 5.43. The van der Waals surface area contributed by atoms with Crippen molar-refractivity contribution in [3.05, 3.63) is 29.8 Å². The summed E-state index contributed by atoms with van der Waals surface area (Å²) < 4.78 is 5.09. The third-order valence-electron chi connectivity index (χ3n) is 2.50. The molecule has 0 radical (unpaired) electrons. The van der Waals surface area contributed by atoms with Crippen molar-refractivity contribution in [1.82, 2.24) is 5.43 Å². The molecule has 0 aromatic heterocycles. The Morgan fingerprint density at radius 3 is 3.00 bits per heavy atom. The molecule has 1 aliphatic carbocycles. The molecule has 0 spiro atoms. The fourth-order valence-electron chi connectivity index (χ4n) is 1.53. The van der Waals surface area contributed by atoms with Gasteiger partial charge in [-0.2, -0.15) is 0 Å². The first-order valence-corrected chi connectivity index (χ1v) is 5.71. The predicted octanol–water partition coefficient (Wildman–Crippen LogP) is 1.23. The molecule has 5 heteroatoms. The number of methoxy groups -OCH3 is 1. The Kier molecular flexibility index (Phi) is 3.95. The van der Waals surface area contributed by atoms with Crippen molar-refractivity contribution in [3.8, 4) is 0 Å². The second kappa shape index (κ2) is 5.65. The number of rotatable bonds is 4. The van der Waals surface area contributed by atoms with Gasteiger partial charge in [0.05, 0.1) is 12.6 Å². The lowest BCUT2D eigenvalue weighted by Crippen LogP contribution is -2.36. The highest BCUT2D eigenvalue weighted by Crippen LogP contribution is 2.23. The monoisotopic (exact) mass is 234 g/mol. The van der Waals surface area contributed by atoms with Gasteiger partial charge in [0.15, 0.2) is 0 Å². The molecule has 0 saturated heterocycles. The highest BCUT2D eigenvalue weighted by molar-refractivity contribution is 5.93. The maximum atomic E-state index is 5.43. The summed E-state index contributed by atoms with van der Waals surface area (Å²) in [6.45, 7) is 0.598. The highest BCUT2D eigenvalue weighted by Gasteiger charge is 2.20. The summed E-state index contributed by atoms with van der Waals surface area (Å²) in [6.07, 6.45) is 2.30. The minimum absolute atomic E-state index is 0.427. The van der Waals surface area contributed by atoms with E-state index in [1.165, 1.54) is 0 Å². The summed E-state index contributed by atoms with van der Waals surface area (Å²) in [5.41, 5.74) is 4.65. The van der Waals surface area contributed by atoms with Gasteiger partial charge in [0.25, 0.3) is 0 Å². The largest absolute Gasteiger partial charge is 0.380 e. The minimum Gasteiger partial charge on any atom is -0.380 e. The number of hydrogen-bond acceptors (Lipinski definition) is 3. The molecule has 5 nitrogen and oxygen atoms in total. The van der Waals surface area contributed by atoms with E-state index < -0.39 is 0 Å². The van der Waals surface area contributed by atoms with Gasteiger partial charge in [0.1, 0.15) is 0 Å². The first kappa shape index (κ1) is 11.9. The normalized spacial score (nSPS) is 15.8. The molecule has 4 N–H and O–H groups in total. The van der Waals surface area contributed by atoms with Crippen LogP contribution in [-0.4, -0.2) is 19.1 Å². The highest BCUT2D eigenvalue weighted by atomic mass is 16.5. The van der Waals surface area contributed by atoms with E-state index in [-0.39, 0.29) is 0 Å². The molecule has 0 amide bonds. The molecule has 1 fully saturated rings. The second-order valence-corrected chi connectivity index (χ2v) is 4.11. The molecule has 0 unspecified atom stereocenters. The summed E-state index contributed by atoms with van der Waals surface area (Å²) in [7, 11) is 1.68. The fourth-order valence-corrected chi connectivity index (χ4v) is 1.53. The lowest BCUT2D eigenvalue weighted by atomic mass is 10.2. The summed E-state index contributed by atoms with van der Waals surface area (Å²) in [5, 5.41) is 3.16. The van der Waals surface area contributed by atoms with Crippen molar-refractivity contribution < 1.29 is 4.74 Å². The standard InChI is InChI=1S/C12H18N4O/c1-17-8-9-3-2-4-11(7-9)15-12(16-13)14-10-5-6-10/h2-4,7,10H,5-6,8,13H2,1H3,(H2,14,15,16). The van der Waals surface area contributed by atoms with E-state index in [0.717, 1.165) is 24.1 Å². The lowest BCUT2D eigenvalue weighted by Gasteiger charge is -2.10. The summed E-state index contributed by atoms with van der Waals surface area (Å²) in [6, 6.07) is 8.41. The molecular formula is C12H18N4O. The van der Waals surface area contributed by atoms with Crippen LogP contribution in [-0.2, 0) is 11.3 Å². The van der Waals surface area contributed by atoms with Crippen LogP contribution in [0.5, 0.6) is 0 Å². The fraction of sp³-hybridized carbons (Fsp3) is 0.417. The van der Waals surface area contributed by atoms with Gasteiger partial charge in [0, 0.05) is 12.8 Å². The summed E-state index contributed by atoms with van der Waals surface area (Å²) in [4.78, 5) is 4.42. The van der Waals surface area contributed by atoms with Crippen molar-refractivity contribution in [1.29, 1.82) is 0 Å². The van der Waals surface area contributed by atoms with Gasteiger partial charge < -0.3 is 10.1 Å². The quantitative estimate of drug-likeness (QED) is 0.317. The van der Waals surface area contributed by atoms with Gasteiger partial charge in [-0.15, -0.1) is 0 Å². The van der Waals surface area contributed by atoms with E-state index in [0.29, 0.717) is 18.6 Å². The molecular weight excluding hydrogens is 216 g/mol. The first-order chi connectivity index (χ1) is 8.31. The van der Waals surface area contributed by atoms with E-state index in [4.69, 9.17) is 10.6 Å². The number of hydrazine groups is 1. The Morgan fingerprint density at radius 1 is 1.53 bits per heavy atom. The van der Waals surface area contributed by atoms with E-state index in [1.807, 2.05) is 24.3 Å². The lowest BCUT2D eigenvalue weighted by molar-refractivity contribution is 0.185. The van der Waals surface area contributed by atoms with Crippen LogP contribution in [0.4, 0.5) is 5.69 Å². The molecule has 0 bridgehead atoms. The van der Waals surface area contributed by atoms with Crippen molar-refractivity contribution in [2.45, 2.75) is 25.5 Å². The van der Waals surface area contributed by atoms with Crippen LogP contribution in [0.3, 0.4) is 0 Å². The average molecular weight is 234 g/mol. The molecule has 1 aliphatic rings. The zero-order chi connectivity index (χ0) is 12.1.